The molecule has 0 spiro atoms. The standard InChI is InChI=1S/C17H25ClN2O3.ClH/c1-22-12-17(5-7-19-8-6-17)11-20-16(21)10-13-9-14(18)3-4-15(13)23-2;/h3-4,9,19H,5-8,10-12H2,1-2H3,(H,20,21);1H. The summed E-state index contributed by atoms with van der Waals surface area (Å²) in [5, 5.41) is 7.00. The first kappa shape index (κ1) is 21.0. The second kappa shape index (κ2) is 10.1. The molecule has 1 saturated heterocycles. The summed E-state index contributed by atoms with van der Waals surface area (Å²) in [6.45, 7) is 3.21. The van der Waals surface area contributed by atoms with Crippen molar-refractivity contribution in [2.75, 3.05) is 40.5 Å². The highest BCUT2D eigenvalue weighted by Gasteiger charge is 2.32. The van der Waals surface area contributed by atoms with E-state index in [1.54, 1.807) is 32.4 Å². The van der Waals surface area contributed by atoms with Crippen molar-refractivity contribution in [2.24, 2.45) is 5.41 Å². The molecule has 0 radical (unpaired) electrons. The zero-order chi connectivity index (χ0) is 16.7. The first-order valence-electron chi connectivity index (χ1n) is 7.87. The normalized spacial score (nSPS) is 16.1. The molecule has 2 N–H and O–H groups in total. The minimum absolute atomic E-state index is 0. The molecule has 0 unspecified atom stereocenters. The van der Waals surface area contributed by atoms with Gasteiger partial charge in [-0.2, -0.15) is 0 Å². The van der Waals surface area contributed by atoms with E-state index < -0.39 is 0 Å². The average molecular weight is 377 g/mol. The lowest BCUT2D eigenvalue weighted by Gasteiger charge is -2.37. The molecule has 2 rings (SSSR count). The molecule has 0 aromatic heterocycles. The van der Waals surface area contributed by atoms with Crippen molar-refractivity contribution in [3.8, 4) is 5.75 Å². The largest absolute Gasteiger partial charge is 0.496 e. The number of halogens is 2. The number of ether oxygens (including phenoxy) is 2. The lowest BCUT2D eigenvalue weighted by Crippen LogP contribution is -2.47. The van der Waals surface area contributed by atoms with Crippen LogP contribution in [0.4, 0.5) is 0 Å². The maximum absolute atomic E-state index is 12.3. The zero-order valence-corrected chi connectivity index (χ0v) is 15.8. The van der Waals surface area contributed by atoms with Crippen LogP contribution >= 0.6 is 24.0 Å². The molecule has 1 aromatic rings. The van der Waals surface area contributed by atoms with Gasteiger partial charge in [0.25, 0.3) is 0 Å². The predicted molar refractivity (Wildman–Crippen MR) is 98.4 cm³/mol. The Morgan fingerprint density at radius 3 is 2.67 bits per heavy atom. The molecule has 1 aliphatic heterocycles. The van der Waals surface area contributed by atoms with E-state index >= 15 is 0 Å². The van der Waals surface area contributed by atoms with Gasteiger partial charge >= 0.3 is 0 Å². The lowest BCUT2D eigenvalue weighted by atomic mass is 9.79. The van der Waals surface area contributed by atoms with Crippen molar-refractivity contribution in [3.05, 3.63) is 28.8 Å². The molecule has 1 amide bonds. The first-order valence-corrected chi connectivity index (χ1v) is 8.25. The summed E-state index contributed by atoms with van der Waals surface area (Å²) in [4.78, 5) is 12.3. The van der Waals surface area contributed by atoms with Crippen LogP contribution in [0.1, 0.15) is 18.4 Å². The summed E-state index contributed by atoms with van der Waals surface area (Å²) >= 11 is 6.01. The molecular formula is C17H26Cl2N2O3. The fourth-order valence-electron chi connectivity index (χ4n) is 3.04. The number of hydrogen-bond acceptors (Lipinski definition) is 4. The van der Waals surface area contributed by atoms with Crippen molar-refractivity contribution in [1.29, 1.82) is 0 Å². The fraction of sp³-hybridized carbons (Fsp3) is 0.588. The number of benzene rings is 1. The van der Waals surface area contributed by atoms with Gasteiger partial charge < -0.3 is 20.1 Å². The van der Waals surface area contributed by atoms with Gasteiger partial charge in [-0.15, -0.1) is 12.4 Å². The number of methoxy groups -OCH3 is 2. The maximum Gasteiger partial charge on any atom is 0.224 e. The van der Waals surface area contributed by atoms with Gasteiger partial charge in [-0.05, 0) is 44.1 Å². The van der Waals surface area contributed by atoms with Crippen LogP contribution in [0.25, 0.3) is 0 Å². The van der Waals surface area contributed by atoms with E-state index in [-0.39, 0.29) is 30.2 Å². The van der Waals surface area contributed by atoms with E-state index in [1.165, 1.54) is 0 Å². The molecule has 1 aromatic carbocycles. The molecule has 1 aliphatic rings. The Labute approximate surface area is 154 Å². The molecule has 0 atom stereocenters. The number of carbonyl (C=O) groups excluding carboxylic acids is 1. The van der Waals surface area contributed by atoms with Gasteiger partial charge in [0.15, 0.2) is 0 Å². The summed E-state index contributed by atoms with van der Waals surface area (Å²) in [6, 6.07) is 5.31. The number of amides is 1. The van der Waals surface area contributed by atoms with E-state index in [9.17, 15) is 4.79 Å². The minimum atomic E-state index is -0.0282. The minimum Gasteiger partial charge on any atom is -0.496 e. The summed E-state index contributed by atoms with van der Waals surface area (Å²) in [6.07, 6.45) is 2.26. The third kappa shape index (κ3) is 5.81. The van der Waals surface area contributed by atoms with E-state index in [0.29, 0.717) is 23.9 Å². The number of piperidine rings is 1. The van der Waals surface area contributed by atoms with Crippen LogP contribution in [0, 0.1) is 5.41 Å². The Kier molecular flexibility index (Phi) is 8.84. The quantitative estimate of drug-likeness (QED) is 0.767. The van der Waals surface area contributed by atoms with Gasteiger partial charge in [-0.1, -0.05) is 11.6 Å². The number of nitrogens with one attached hydrogen (secondary N) is 2. The number of carbonyl (C=O) groups is 1. The molecule has 5 nitrogen and oxygen atoms in total. The Bertz CT molecular complexity index is 529. The van der Waals surface area contributed by atoms with Crippen molar-refractivity contribution in [3.63, 3.8) is 0 Å². The van der Waals surface area contributed by atoms with Crippen LogP contribution in [0.3, 0.4) is 0 Å². The third-order valence-electron chi connectivity index (χ3n) is 4.37. The summed E-state index contributed by atoms with van der Waals surface area (Å²) in [5.74, 6) is 0.651. The molecule has 136 valence electrons. The van der Waals surface area contributed by atoms with Gasteiger partial charge in [0.2, 0.25) is 5.91 Å². The van der Waals surface area contributed by atoms with Gasteiger partial charge in [-0.25, -0.2) is 0 Å². The third-order valence-corrected chi connectivity index (χ3v) is 4.60. The fourth-order valence-corrected chi connectivity index (χ4v) is 3.24. The highest BCUT2D eigenvalue weighted by Crippen LogP contribution is 2.28. The summed E-state index contributed by atoms with van der Waals surface area (Å²) in [5.41, 5.74) is 0.817. The van der Waals surface area contributed by atoms with Crippen molar-refractivity contribution in [2.45, 2.75) is 19.3 Å². The van der Waals surface area contributed by atoms with Crippen LogP contribution in [0.15, 0.2) is 18.2 Å². The molecule has 7 heteroatoms. The van der Waals surface area contributed by atoms with Crippen LogP contribution in [0.2, 0.25) is 5.02 Å². The Morgan fingerprint density at radius 1 is 1.33 bits per heavy atom. The Hall–Kier alpha value is -1.01. The molecule has 1 heterocycles. The monoisotopic (exact) mass is 376 g/mol. The van der Waals surface area contributed by atoms with Gasteiger partial charge in [-0.3, -0.25) is 4.79 Å². The van der Waals surface area contributed by atoms with E-state index in [0.717, 1.165) is 31.5 Å². The molecule has 0 aliphatic carbocycles. The Morgan fingerprint density at radius 2 is 2.04 bits per heavy atom. The van der Waals surface area contributed by atoms with Gasteiger partial charge in [0.1, 0.15) is 5.75 Å². The maximum atomic E-state index is 12.3. The van der Waals surface area contributed by atoms with Crippen LogP contribution in [0.5, 0.6) is 5.75 Å². The highest BCUT2D eigenvalue weighted by molar-refractivity contribution is 6.30. The first-order chi connectivity index (χ1) is 11.1. The molecule has 0 saturated carbocycles. The lowest BCUT2D eigenvalue weighted by molar-refractivity contribution is -0.121. The van der Waals surface area contributed by atoms with Crippen LogP contribution < -0.4 is 15.4 Å². The van der Waals surface area contributed by atoms with E-state index in [4.69, 9.17) is 21.1 Å². The second-order valence-corrected chi connectivity index (χ2v) is 6.53. The average Bonchev–Trinajstić information content (AvgIpc) is 2.55. The predicted octanol–water partition coefficient (Wildman–Crippen LogP) is 2.45. The molecule has 1 fully saturated rings. The van der Waals surface area contributed by atoms with Crippen LogP contribution in [-0.2, 0) is 16.0 Å². The molecule has 0 bridgehead atoms. The molecule has 24 heavy (non-hydrogen) atoms. The number of rotatable bonds is 7. The topological polar surface area (TPSA) is 59.6 Å². The van der Waals surface area contributed by atoms with Crippen LogP contribution in [-0.4, -0.2) is 46.4 Å². The SMILES string of the molecule is COCC1(CNC(=O)Cc2cc(Cl)ccc2OC)CCNCC1.Cl. The van der Waals surface area contributed by atoms with Crippen molar-refractivity contribution >= 4 is 29.9 Å². The van der Waals surface area contributed by atoms with Crippen molar-refractivity contribution in [1.82, 2.24) is 10.6 Å². The molecular weight excluding hydrogens is 351 g/mol. The highest BCUT2D eigenvalue weighted by atomic mass is 35.5. The second-order valence-electron chi connectivity index (χ2n) is 6.09. The van der Waals surface area contributed by atoms with Crippen molar-refractivity contribution < 1.29 is 14.3 Å². The van der Waals surface area contributed by atoms with Gasteiger partial charge in [0, 0.05) is 29.7 Å². The van der Waals surface area contributed by atoms with E-state index in [2.05, 4.69) is 10.6 Å². The zero-order valence-electron chi connectivity index (χ0n) is 14.2. The van der Waals surface area contributed by atoms with E-state index in [1.807, 2.05) is 0 Å². The summed E-state index contributed by atoms with van der Waals surface area (Å²) < 4.78 is 10.7. The number of hydrogen-bond donors (Lipinski definition) is 2. The van der Waals surface area contributed by atoms with Gasteiger partial charge in [0.05, 0.1) is 20.1 Å². The summed E-state index contributed by atoms with van der Waals surface area (Å²) in [7, 11) is 3.30. The Balaban J connectivity index is 0.00000288. The smallest absolute Gasteiger partial charge is 0.224 e.